The van der Waals surface area contributed by atoms with Crippen LogP contribution in [-0.2, 0) is 14.8 Å². The molecule has 1 aliphatic rings. The van der Waals surface area contributed by atoms with Crippen molar-refractivity contribution in [2.75, 3.05) is 13.1 Å². The van der Waals surface area contributed by atoms with Gasteiger partial charge in [-0.3, -0.25) is 4.79 Å². The van der Waals surface area contributed by atoms with Crippen molar-refractivity contribution in [3.63, 3.8) is 0 Å². The molecule has 1 saturated heterocycles. The maximum atomic E-state index is 12.7. The van der Waals surface area contributed by atoms with Crippen molar-refractivity contribution in [1.82, 2.24) is 9.73 Å². The third kappa shape index (κ3) is 4.94. The summed E-state index contributed by atoms with van der Waals surface area (Å²) in [4.78, 5) is 12.5. The average Bonchev–Trinajstić information content (AvgIpc) is 2.69. The van der Waals surface area contributed by atoms with Gasteiger partial charge in [-0.1, -0.05) is 41.9 Å². The highest BCUT2D eigenvalue weighted by molar-refractivity contribution is 7.89. The zero-order valence-corrected chi connectivity index (χ0v) is 16.2. The lowest BCUT2D eigenvalue weighted by Crippen LogP contribution is -2.42. The quantitative estimate of drug-likeness (QED) is 0.613. The Hall–Kier alpha value is -2.22. The molecule has 0 spiro atoms. The van der Waals surface area contributed by atoms with E-state index in [1.54, 1.807) is 18.3 Å². The molecular formula is C19H20ClN3O3S. The highest BCUT2D eigenvalue weighted by Gasteiger charge is 2.32. The number of nitrogens with one attached hydrogen (secondary N) is 1. The molecule has 142 valence electrons. The molecule has 1 aliphatic heterocycles. The molecule has 3 rings (SSSR count). The summed E-state index contributed by atoms with van der Waals surface area (Å²) in [6.45, 7) is 0.594. The summed E-state index contributed by atoms with van der Waals surface area (Å²) in [5, 5.41) is 4.46. The van der Waals surface area contributed by atoms with E-state index >= 15 is 0 Å². The molecule has 0 atom stereocenters. The lowest BCUT2D eigenvalue weighted by atomic mass is 9.98. The van der Waals surface area contributed by atoms with Crippen molar-refractivity contribution in [2.24, 2.45) is 11.0 Å². The Morgan fingerprint density at radius 2 is 1.70 bits per heavy atom. The first-order chi connectivity index (χ1) is 13.0. The number of piperidine rings is 1. The summed E-state index contributed by atoms with van der Waals surface area (Å²) in [6.07, 6.45) is 2.50. The molecule has 8 heteroatoms. The smallest absolute Gasteiger partial charge is 0.243 e. The third-order valence-corrected chi connectivity index (χ3v) is 6.63. The van der Waals surface area contributed by atoms with Gasteiger partial charge in [-0.15, -0.1) is 0 Å². The second kappa shape index (κ2) is 8.65. The number of rotatable bonds is 5. The fraction of sp³-hybridized carbons (Fsp3) is 0.263. The Labute approximate surface area is 163 Å². The van der Waals surface area contributed by atoms with E-state index in [1.807, 2.05) is 30.3 Å². The highest BCUT2D eigenvalue weighted by atomic mass is 35.5. The topological polar surface area (TPSA) is 78.8 Å². The number of nitrogens with zero attached hydrogens (tertiary/aromatic N) is 2. The van der Waals surface area contributed by atoms with E-state index in [-0.39, 0.29) is 16.7 Å². The number of amides is 1. The minimum absolute atomic E-state index is 0.189. The fourth-order valence-corrected chi connectivity index (χ4v) is 4.51. The van der Waals surface area contributed by atoms with Crippen LogP contribution in [0.3, 0.4) is 0 Å². The van der Waals surface area contributed by atoms with Crippen LogP contribution in [0.1, 0.15) is 18.4 Å². The van der Waals surface area contributed by atoms with Gasteiger partial charge >= 0.3 is 0 Å². The van der Waals surface area contributed by atoms with Gasteiger partial charge < -0.3 is 0 Å². The molecule has 0 bridgehead atoms. The van der Waals surface area contributed by atoms with Crippen molar-refractivity contribution < 1.29 is 13.2 Å². The zero-order valence-electron chi connectivity index (χ0n) is 14.6. The van der Waals surface area contributed by atoms with Gasteiger partial charge in [0.2, 0.25) is 15.9 Å². The number of benzene rings is 2. The van der Waals surface area contributed by atoms with Gasteiger partial charge in [-0.25, -0.2) is 13.8 Å². The predicted octanol–water partition coefficient (Wildman–Crippen LogP) is 2.89. The number of hydrogen-bond donors (Lipinski definition) is 1. The van der Waals surface area contributed by atoms with Crippen LogP contribution in [0.4, 0.5) is 0 Å². The normalized spacial score (nSPS) is 16.5. The van der Waals surface area contributed by atoms with Crippen LogP contribution >= 0.6 is 11.6 Å². The molecule has 1 amide bonds. The summed E-state index contributed by atoms with van der Waals surface area (Å²) in [6, 6.07) is 15.6. The Morgan fingerprint density at radius 1 is 1.07 bits per heavy atom. The van der Waals surface area contributed by atoms with E-state index in [0.29, 0.717) is 31.0 Å². The maximum Gasteiger partial charge on any atom is 0.243 e. The van der Waals surface area contributed by atoms with Crippen LogP contribution in [0.2, 0.25) is 5.02 Å². The monoisotopic (exact) mass is 405 g/mol. The third-order valence-electron chi connectivity index (χ3n) is 4.46. The first-order valence-electron chi connectivity index (χ1n) is 8.60. The molecular weight excluding hydrogens is 386 g/mol. The molecule has 1 heterocycles. The number of sulfonamides is 1. The molecule has 0 radical (unpaired) electrons. The lowest BCUT2D eigenvalue weighted by Gasteiger charge is -2.30. The van der Waals surface area contributed by atoms with Gasteiger partial charge in [-0.05, 0) is 42.7 Å². The zero-order chi connectivity index (χ0) is 19.3. The number of carbonyl (C=O) groups excluding carboxylic acids is 1. The summed E-state index contributed by atoms with van der Waals surface area (Å²) in [5.74, 6) is -0.444. The first kappa shape index (κ1) is 19.5. The van der Waals surface area contributed by atoms with Gasteiger partial charge in [0.25, 0.3) is 0 Å². The van der Waals surface area contributed by atoms with Crippen LogP contribution in [0.25, 0.3) is 0 Å². The van der Waals surface area contributed by atoms with E-state index in [2.05, 4.69) is 10.5 Å². The average molecular weight is 406 g/mol. The van der Waals surface area contributed by atoms with Crippen molar-refractivity contribution in [3.8, 4) is 0 Å². The summed E-state index contributed by atoms with van der Waals surface area (Å²) in [7, 11) is -3.57. The summed E-state index contributed by atoms with van der Waals surface area (Å²) >= 11 is 5.82. The molecule has 0 aliphatic carbocycles. The second-order valence-electron chi connectivity index (χ2n) is 6.28. The van der Waals surface area contributed by atoms with E-state index < -0.39 is 10.0 Å². The molecule has 0 saturated carbocycles. The standard InChI is InChI=1S/C19H20ClN3O3S/c20-17-6-8-18(9-7-17)27(25,26)23-12-10-16(11-13-23)19(24)22-21-14-15-4-2-1-3-5-15/h1-9,14,16H,10-13H2,(H,22,24)/b21-14-. The Bertz CT molecular complexity index is 907. The Morgan fingerprint density at radius 3 is 2.33 bits per heavy atom. The van der Waals surface area contributed by atoms with Crippen LogP contribution in [0.5, 0.6) is 0 Å². The van der Waals surface area contributed by atoms with Crippen molar-refractivity contribution in [2.45, 2.75) is 17.7 Å². The summed E-state index contributed by atoms with van der Waals surface area (Å²) in [5.41, 5.74) is 3.43. The van der Waals surface area contributed by atoms with Gasteiger partial charge in [0, 0.05) is 24.0 Å². The van der Waals surface area contributed by atoms with Gasteiger partial charge in [0.05, 0.1) is 11.1 Å². The number of carbonyl (C=O) groups is 1. The Kier molecular flexibility index (Phi) is 6.26. The van der Waals surface area contributed by atoms with E-state index in [9.17, 15) is 13.2 Å². The number of hydrazone groups is 1. The van der Waals surface area contributed by atoms with Crippen LogP contribution in [-0.4, -0.2) is 37.9 Å². The molecule has 6 nitrogen and oxygen atoms in total. The first-order valence-corrected chi connectivity index (χ1v) is 10.4. The molecule has 0 unspecified atom stereocenters. The fourth-order valence-electron chi connectivity index (χ4n) is 2.91. The Balaban J connectivity index is 1.54. The molecule has 1 fully saturated rings. The minimum Gasteiger partial charge on any atom is -0.273 e. The molecule has 27 heavy (non-hydrogen) atoms. The molecule has 0 aromatic heterocycles. The van der Waals surface area contributed by atoms with Crippen LogP contribution < -0.4 is 5.43 Å². The van der Waals surface area contributed by atoms with Crippen LogP contribution in [0.15, 0.2) is 64.6 Å². The van der Waals surface area contributed by atoms with Gasteiger partial charge in [0.1, 0.15) is 0 Å². The highest BCUT2D eigenvalue weighted by Crippen LogP contribution is 2.24. The minimum atomic E-state index is -3.57. The second-order valence-corrected chi connectivity index (χ2v) is 8.65. The van der Waals surface area contributed by atoms with Crippen LogP contribution in [0, 0.1) is 5.92 Å². The van der Waals surface area contributed by atoms with Crippen molar-refractivity contribution in [1.29, 1.82) is 0 Å². The molecule has 2 aromatic rings. The number of halogens is 1. The number of hydrogen-bond acceptors (Lipinski definition) is 4. The maximum absolute atomic E-state index is 12.7. The molecule has 1 N–H and O–H groups in total. The van der Waals surface area contributed by atoms with E-state index in [1.165, 1.54) is 16.4 Å². The lowest BCUT2D eigenvalue weighted by molar-refractivity contribution is -0.126. The predicted molar refractivity (Wildman–Crippen MR) is 105 cm³/mol. The van der Waals surface area contributed by atoms with E-state index in [0.717, 1.165) is 5.56 Å². The van der Waals surface area contributed by atoms with E-state index in [4.69, 9.17) is 11.6 Å². The van der Waals surface area contributed by atoms with Crippen molar-refractivity contribution in [3.05, 3.63) is 65.2 Å². The SMILES string of the molecule is O=C(N/N=C\c1ccccc1)C1CCN(S(=O)(=O)c2ccc(Cl)cc2)CC1. The van der Waals surface area contributed by atoms with Crippen molar-refractivity contribution >= 4 is 33.7 Å². The van der Waals surface area contributed by atoms with Gasteiger partial charge in [0.15, 0.2) is 0 Å². The molecule has 2 aromatic carbocycles. The summed E-state index contributed by atoms with van der Waals surface area (Å²) < 4.78 is 26.7. The van der Waals surface area contributed by atoms with Gasteiger partial charge in [-0.2, -0.15) is 9.41 Å². The largest absolute Gasteiger partial charge is 0.273 e.